The third-order valence-corrected chi connectivity index (χ3v) is 4.76. The highest BCUT2D eigenvalue weighted by molar-refractivity contribution is 5.92. The molecule has 0 saturated heterocycles. The van der Waals surface area contributed by atoms with Gasteiger partial charge in [-0.15, -0.1) is 0 Å². The molecule has 0 amide bonds. The molecule has 1 fully saturated rings. The Balaban J connectivity index is 2.75. The molecule has 2 nitrogen and oxygen atoms in total. The van der Waals surface area contributed by atoms with Crippen LogP contribution in [0.1, 0.15) is 60.3 Å². The van der Waals surface area contributed by atoms with Gasteiger partial charge in [0.15, 0.2) is 0 Å². The number of rotatable bonds is 6. The normalized spacial score (nSPS) is 27.2. The SMILES string of the molecule is CCC(C)C(C)C(=O)C1CCCC1C(=O)C(C)C. The van der Waals surface area contributed by atoms with Crippen LogP contribution in [0.5, 0.6) is 0 Å². The van der Waals surface area contributed by atoms with Crippen LogP contribution in [-0.2, 0) is 9.59 Å². The lowest BCUT2D eigenvalue weighted by molar-refractivity contribution is -0.135. The molecule has 1 aliphatic carbocycles. The number of ketones is 2. The largest absolute Gasteiger partial charge is 0.299 e. The molecular formula is C16H28O2. The summed E-state index contributed by atoms with van der Waals surface area (Å²) in [5, 5.41) is 0. The number of carbonyl (C=O) groups is 2. The van der Waals surface area contributed by atoms with E-state index in [2.05, 4.69) is 13.8 Å². The fourth-order valence-corrected chi connectivity index (χ4v) is 3.04. The second-order valence-electron chi connectivity index (χ2n) is 6.28. The Morgan fingerprint density at radius 3 is 1.94 bits per heavy atom. The molecule has 104 valence electrons. The first-order valence-electron chi connectivity index (χ1n) is 7.47. The Kier molecular flexibility index (Phi) is 5.55. The highest BCUT2D eigenvalue weighted by Crippen LogP contribution is 2.37. The molecule has 1 rings (SSSR count). The van der Waals surface area contributed by atoms with Crippen molar-refractivity contribution in [3.05, 3.63) is 0 Å². The molecule has 0 aliphatic heterocycles. The number of carbonyl (C=O) groups excluding carboxylic acids is 2. The van der Waals surface area contributed by atoms with Crippen molar-refractivity contribution < 1.29 is 9.59 Å². The van der Waals surface area contributed by atoms with E-state index in [4.69, 9.17) is 0 Å². The van der Waals surface area contributed by atoms with Gasteiger partial charge in [0.05, 0.1) is 0 Å². The van der Waals surface area contributed by atoms with Crippen LogP contribution in [0.4, 0.5) is 0 Å². The molecule has 0 aromatic carbocycles. The Morgan fingerprint density at radius 2 is 1.50 bits per heavy atom. The third-order valence-electron chi connectivity index (χ3n) is 4.76. The molecule has 2 heteroatoms. The number of hydrogen-bond donors (Lipinski definition) is 0. The average molecular weight is 252 g/mol. The van der Waals surface area contributed by atoms with Crippen molar-refractivity contribution in [3.8, 4) is 0 Å². The summed E-state index contributed by atoms with van der Waals surface area (Å²) in [5.74, 6) is 1.21. The van der Waals surface area contributed by atoms with E-state index in [0.29, 0.717) is 17.5 Å². The first-order valence-corrected chi connectivity index (χ1v) is 7.47. The first-order chi connectivity index (χ1) is 8.40. The molecule has 0 heterocycles. The minimum Gasteiger partial charge on any atom is -0.299 e. The monoisotopic (exact) mass is 252 g/mol. The molecule has 0 radical (unpaired) electrons. The highest BCUT2D eigenvalue weighted by atomic mass is 16.1. The minimum atomic E-state index is 0.00361. The van der Waals surface area contributed by atoms with Crippen molar-refractivity contribution in [2.75, 3.05) is 0 Å². The van der Waals surface area contributed by atoms with Crippen LogP contribution in [0, 0.1) is 29.6 Å². The van der Waals surface area contributed by atoms with Crippen molar-refractivity contribution >= 4 is 11.6 Å². The zero-order chi connectivity index (χ0) is 13.9. The topological polar surface area (TPSA) is 34.1 Å². The van der Waals surface area contributed by atoms with Crippen LogP contribution in [0.25, 0.3) is 0 Å². The summed E-state index contributed by atoms with van der Waals surface area (Å²) in [6.45, 7) is 10.2. The molecule has 4 atom stereocenters. The zero-order valence-electron chi connectivity index (χ0n) is 12.5. The lowest BCUT2D eigenvalue weighted by Gasteiger charge is -2.25. The molecule has 18 heavy (non-hydrogen) atoms. The summed E-state index contributed by atoms with van der Waals surface area (Å²) in [4.78, 5) is 24.7. The van der Waals surface area contributed by atoms with Crippen molar-refractivity contribution in [2.45, 2.75) is 60.3 Å². The van der Waals surface area contributed by atoms with E-state index in [-0.39, 0.29) is 23.7 Å². The van der Waals surface area contributed by atoms with E-state index >= 15 is 0 Å². The van der Waals surface area contributed by atoms with Gasteiger partial charge in [0, 0.05) is 23.7 Å². The predicted octanol–water partition coefficient (Wildman–Crippen LogP) is 3.88. The highest BCUT2D eigenvalue weighted by Gasteiger charge is 2.40. The van der Waals surface area contributed by atoms with E-state index in [1.165, 1.54) is 0 Å². The van der Waals surface area contributed by atoms with E-state index in [1.807, 2.05) is 20.8 Å². The molecular weight excluding hydrogens is 224 g/mol. The minimum absolute atomic E-state index is 0.00361. The van der Waals surface area contributed by atoms with Crippen LogP contribution in [0.3, 0.4) is 0 Å². The molecule has 0 aromatic heterocycles. The summed E-state index contributed by atoms with van der Waals surface area (Å²) in [6.07, 6.45) is 3.90. The summed E-state index contributed by atoms with van der Waals surface area (Å²) in [7, 11) is 0. The zero-order valence-corrected chi connectivity index (χ0v) is 12.5. The Labute approximate surface area is 112 Å². The van der Waals surface area contributed by atoms with Crippen LogP contribution >= 0.6 is 0 Å². The predicted molar refractivity (Wildman–Crippen MR) is 74.3 cm³/mol. The lowest BCUT2D eigenvalue weighted by Crippen LogP contribution is -2.33. The van der Waals surface area contributed by atoms with Gasteiger partial charge in [-0.05, 0) is 18.8 Å². The van der Waals surface area contributed by atoms with Crippen LogP contribution in [0.2, 0.25) is 0 Å². The molecule has 0 N–H and O–H groups in total. The fraction of sp³-hybridized carbons (Fsp3) is 0.875. The Hall–Kier alpha value is -0.660. The summed E-state index contributed by atoms with van der Waals surface area (Å²) < 4.78 is 0. The molecule has 4 unspecified atom stereocenters. The number of hydrogen-bond acceptors (Lipinski definition) is 2. The van der Waals surface area contributed by atoms with E-state index in [9.17, 15) is 9.59 Å². The first kappa shape index (κ1) is 15.4. The van der Waals surface area contributed by atoms with Crippen molar-refractivity contribution in [1.82, 2.24) is 0 Å². The number of Topliss-reactive ketones (excluding diaryl/α,β-unsaturated/α-hetero) is 2. The van der Waals surface area contributed by atoms with Crippen LogP contribution < -0.4 is 0 Å². The van der Waals surface area contributed by atoms with Crippen molar-refractivity contribution in [3.63, 3.8) is 0 Å². The molecule has 0 aromatic rings. The van der Waals surface area contributed by atoms with Gasteiger partial charge < -0.3 is 0 Å². The van der Waals surface area contributed by atoms with E-state index in [1.54, 1.807) is 0 Å². The fourth-order valence-electron chi connectivity index (χ4n) is 3.04. The van der Waals surface area contributed by atoms with Gasteiger partial charge in [0.25, 0.3) is 0 Å². The van der Waals surface area contributed by atoms with Gasteiger partial charge in [-0.3, -0.25) is 9.59 Å². The summed E-state index contributed by atoms with van der Waals surface area (Å²) in [6, 6.07) is 0. The maximum atomic E-state index is 12.5. The second kappa shape index (κ2) is 6.49. The Bertz CT molecular complexity index is 306. The van der Waals surface area contributed by atoms with Gasteiger partial charge in [0.2, 0.25) is 0 Å². The second-order valence-corrected chi connectivity index (χ2v) is 6.28. The average Bonchev–Trinajstić information content (AvgIpc) is 2.83. The Morgan fingerprint density at radius 1 is 1.00 bits per heavy atom. The standard InChI is InChI=1S/C16H28O2/c1-6-11(4)12(5)16(18)14-9-7-8-13(14)15(17)10(2)3/h10-14H,6-9H2,1-5H3. The molecule has 1 aliphatic rings. The van der Waals surface area contributed by atoms with Crippen LogP contribution in [0.15, 0.2) is 0 Å². The van der Waals surface area contributed by atoms with Crippen molar-refractivity contribution in [1.29, 1.82) is 0 Å². The smallest absolute Gasteiger partial charge is 0.139 e. The van der Waals surface area contributed by atoms with Gasteiger partial charge in [-0.2, -0.15) is 0 Å². The van der Waals surface area contributed by atoms with Gasteiger partial charge in [-0.1, -0.05) is 47.5 Å². The van der Waals surface area contributed by atoms with E-state index < -0.39 is 0 Å². The molecule has 1 saturated carbocycles. The lowest BCUT2D eigenvalue weighted by atomic mass is 9.77. The van der Waals surface area contributed by atoms with Gasteiger partial charge in [0.1, 0.15) is 11.6 Å². The maximum Gasteiger partial charge on any atom is 0.139 e. The maximum absolute atomic E-state index is 12.5. The quantitative estimate of drug-likeness (QED) is 0.719. The summed E-state index contributed by atoms with van der Waals surface area (Å²) in [5.41, 5.74) is 0. The van der Waals surface area contributed by atoms with Gasteiger partial charge in [-0.25, -0.2) is 0 Å². The summed E-state index contributed by atoms with van der Waals surface area (Å²) >= 11 is 0. The molecule has 0 bridgehead atoms. The van der Waals surface area contributed by atoms with E-state index in [0.717, 1.165) is 25.7 Å². The van der Waals surface area contributed by atoms with Gasteiger partial charge >= 0.3 is 0 Å². The van der Waals surface area contributed by atoms with Crippen molar-refractivity contribution in [2.24, 2.45) is 29.6 Å². The molecule has 0 spiro atoms. The third kappa shape index (κ3) is 3.21. The van der Waals surface area contributed by atoms with Crippen LogP contribution in [-0.4, -0.2) is 11.6 Å².